The molecule has 0 spiro atoms. The molecule has 26 heavy (non-hydrogen) atoms. The Morgan fingerprint density at radius 3 is 2.42 bits per heavy atom. The van der Waals surface area contributed by atoms with Gasteiger partial charge in [0.25, 0.3) is 11.1 Å². The van der Waals surface area contributed by atoms with Crippen LogP contribution < -0.4 is 4.74 Å². The van der Waals surface area contributed by atoms with Crippen LogP contribution in [0.15, 0.2) is 41.3 Å². The second kappa shape index (κ2) is 7.74. The van der Waals surface area contributed by atoms with Crippen molar-refractivity contribution in [3.63, 3.8) is 0 Å². The van der Waals surface area contributed by atoms with E-state index in [1.165, 1.54) is 12.0 Å². The fourth-order valence-electron chi connectivity index (χ4n) is 2.60. The van der Waals surface area contributed by atoms with Crippen LogP contribution in [0.5, 0.6) is 5.75 Å². The number of thioether (sulfide) groups is 1. The van der Waals surface area contributed by atoms with Crippen molar-refractivity contribution in [1.82, 2.24) is 4.90 Å². The lowest BCUT2D eigenvalue weighted by Gasteiger charge is -2.14. The number of ether oxygens (including phenoxy) is 1. The van der Waals surface area contributed by atoms with Crippen molar-refractivity contribution in [2.45, 2.75) is 13.5 Å². The first-order valence-corrected chi connectivity index (χ1v) is 9.31. The van der Waals surface area contributed by atoms with E-state index in [4.69, 9.17) is 27.9 Å². The maximum absolute atomic E-state index is 12.7. The number of carbonyl (C=O) groups is 2. The third-order valence-electron chi connectivity index (χ3n) is 3.99. The molecule has 1 fully saturated rings. The summed E-state index contributed by atoms with van der Waals surface area (Å²) in [6.07, 6.45) is 1.61. The van der Waals surface area contributed by atoms with Crippen LogP contribution in [0.4, 0.5) is 4.79 Å². The molecule has 0 bridgehead atoms. The molecule has 0 unspecified atom stereocenters. The average Bonchev–Trinajstić information content (AvgIpc) is 2.84. The Morgan fingerprint density at radius 2 is 1.81 bits per heavy atom. The Hall–Kier alpha value is -1.95. The van der Waals surface area contributed by atoms with Gasteiger partial charge in [-0.3, -0.25) is 14.5 Å². The molecule has 4 nitrogen and oxygen atoms in total. The van der Waals surface area contributed by atoms with Gasteiger partial charge < -0.3 is 4.74 Å². The fraction of sp³-hybridized carbons (Fsp3) is 0.158. The maximum Gasteiger partial charge on any atom is 0.293 e. The molecule has 0 radical (unpaired) electrons. The van der Waals surface area contributed by atoms with E-state index in [2.05, 4.69) is 0 Å². The molecule has 1 aliphatic heterocycles. The van der Waals surface area contributed by atoms with Crippen LogP contribution in [0.3, 0.4) is 0 Å². The van der Waals surface area contributed by atoms with Gasteiger partial charge in [-0.05, 0) is 53.6 Å². The topological polar surface area (TPSA) is 46.6 Å². The van der Waals surface area contributed by atoms with Gasteiger partial charge in [-0.2, -0.15) is 0 Å². The van der Waals surface area contributed by atoms with Crippen molar-refractivity contribution < 1.29 is 14.3 Å². The third kappa shape index (κ3) is 3.75. The maximum atomic E-state index is 12.7. The van der Waals surface area contributed by atoms with Crippen LogP contribution in [0.2, 0.25) is 10.0 Å². The van der Waals surface area contributed by atoms with E-state index >= 15 is 0 Å². The first-order valence-electron chi connectivity index (χ1n) is 7.73. The number of rotatable bonds is 4. The number of aryl methyl sites for hydroxylation is 1. The minimum Gasteiger partial charge on any atom is -0.494 e. The summed E-state index contributed by atoms with van der Waals surface area (Å²) in [5.74, 6) is 0.0458. The number of imide groups is 1. The molecule has 0 atom stereocenters. The lowest BCUT2D eigenvalue weighted by molar-refractivity contribution is -0.123. The summed E-state index contributed by atoms with van der Waals surface area (Å²) in [4.78, 5) is 26.5. The highest BCUT2D eigenvalue weighted by molar-refractivity contribution is 8.18. The Balaban J connectivity index is 1.87. The van der Waals surface area contributed by atoms with Crippen molar-refractivity contribution in [3.8, 4) is 5.75 Å². The van der Waals surface area contributed by atoms with Gasteiger partial charge in [0, 0.05) is 0 Å². The number of halogens is 2. The summed E-state index contributed by atoms with van der Waals surface area (Å²) in [6.45, 7) is 2.20. The zero-order valence-electron chi connectivity index (χ0n) is 14.1. The summed E-state index contributed by atoms with van der Waals surface area (Å²) in [5.41, 5.74) is 2.60. The molecule has 2 aromatic carbocycles. The van der Waals surface area contributed by atoms with Crippen molar-refractivity contribution >= 4 is 52.2 Å². The van der Waals surface area contributed by atoms with Crippen LogP contribution in [0.1, 0.15) is 16.7 Å². The molecule has 1 saturated heterocycles. The molecule has 3 rings (SSSR count). The van der Waals surface area contributed by atoms with Gasteiger partial charge in [-0.15, -0.1) is 0 Å². The first kappa shape index (κ1) is 18.8. The van der Waals surface area contributed by atoms with E-state index in [1.807, 2.05) is 31.2 Å². The number of hydrogen-bond acceptors (Lipinski definition) is 4. The van der Waals surface area contributed by atoms with Crippen LogP contribution in [-0.2, 0) is 11.3 Å². The van der Waals surface area contributed by atoms with Crippen molar-refractivity contribution in [3.05, 3.63) is 68.0 Å². The summed E-state index contributed by atoms with van der Waals surface area (Å²) in [6, 6.07) is 10.9. The molecular formula is C19H15Cl2NO3S. The predicted octanol–water partition coefficient (Wildman–Crippen LogP) is 5.55. The van der Waals surface area contributed by atoms with Crippen LogP contribution in [-0.4, -0.2) is 23.2 Å². The van der Waals surface area contributed by atoms with Gasteiger partial charge in [0.15, 0.2) is 5.75 Å². The minimum atomic E-state index is -0.327. The predicted molar refractivity (Wildman–Crippen MR) is 106 cm³/mol. The van der Waals surface area contributed by atoms with Gasteiger partial charge >= 0.3 is 0 Å². The van der Waals surface area contributed by atoms with Crippen molar-refractivity contribution in [1.29, 1.82) is 0 Å². The molecule has 0 N–H and O–H groups in total. The minimum absolute atomic E-state index is 0.249. The molecule has 134 valence electrons. The zero-order chi connectivity index (χ0) is 18.8. The highest BCUT2D eigenvalue weighted by Gasteiger charge is 2.35. The van der Waals surface area contributed by atoms with Crippen LogP contribution >= 0.6 is 35.0 Å². The number of benzene rings is 2. The van der Waals surface area contributed by atoms with Crippen LogP contribution in [0.25, 0.3) is 6.08 Å². The molecule has 0 aromatic heterocycles. The van der Waals surface area contributed by atoms with Gasteiger partial charge in [0.2, 0.25) is 0 Å². The summed E-state index contributed by atoms with van der Waals surface area (Å²) in [7, 11) is 1.48. The highest BCUT2D eigenvalue weighted by atomic mass is 35.5. The van der Waals surface area contributed by atoms with Crippen molar-refractivity contribution in [2.75, 3.05) is 7.11 Å². The normalized spacial score (nSPS) is 15.8. The van der Waals surface area contributed by atoms with E-state index in [-0.39, 0.29) is 17.7 Å². The molecule has 2 amide bonds. The largest absolute Gasteiger partial charge is 0.494 e. The number of carbonyl (C=O) groups excluding carboxylic acids is 2. The molecule has 2 aromatic rings. The van der Waals surface area contributed by atoms with Crippen molar-refractivity contribution in [2.24, 2.45) is 0 Å². The molecule has 0 aliphatic carbocycles. The molecule has 0 saturated carbocycles. The van der Waals surface area contributed by atoms with Gasteiger partial charge in [0.1, 0.15) is 0 Å². The van der Waals surface area contributed by atoms with E-state index in [9.17, 15) is 9.59 Å². The standard InChI is InChI=1S/C19H15Cl2NO3S/c1-11-5-3-4-6-13(11)10-22-18(23)16(26-19(22)24)9-12-7-14(20)17(25-2)15(21)8-12/h3-9H,10H2,1-2H3/b16-9-. The SMILES string of the molecule is COc1c(Cl)cc(/C=C2\SC(=O)N(Cc3ccccc3C)C2=O)cc1Cl. The van der Waals surface area contributed by atoms with Crippen LogP contribution in [0, 0.1) is 6.92 Å². The summed E-state index contributed by atoms with van der Waals surface area (Å²) >= 11 is 13.2. The molecule has 1 aliphatic rings. The number of hydrogen-bond donors (Lipinski definition) is 0. The van der Waals surface area contributed by atoms with Gasteiger partial charge in [0.05, 0.1) is 28.6 Å². The lowest BCUT2D eigenvalue weighted by atomic mass is 10.1. The lowest BCUT2D eigenvalue weighted by Crippen LogP contribution is -2.27. The molecule has 1 heterocycles. The first-order chi connectivity index (χ1) is 12.4. The number of amides is 2. The Morgan fingerprint density at radius 1 is 1.15 bits per heavy atom. The zero-order valence-corrected chi connectivity index (χ0v) is 16.4. The molecular weight excluding hydrogens is 393 g/mol. The number of nitrogens with zero attached hydrogens (tertiary/aromatic N) is 1. The Labute approximate surface area is 165 Å². The quantitative estimate of drug-likeness (QED) is 0.623. The second-order valence-electron chi connectivity index (χ2n) is 5.71. The Kier molecular flexibility index (Phi) is 5.61. The van der Waals surface area contributed by atoms with Gasteiger partial charge in [-0.25, -0.2) is 0 Å². The smallest absolute Gasteiger partial charge is 0.293 e. The van der Waals surface area contributed by atoms with Gasteiger partial charge in [-0.1, -0.05) is 47.5 Å². The number of methoxy groups -OCH3 is 1. The average molecular weight is 408 g/mol. The van der Waals surface area contributed by atoms with E-state index in [1.54, 1.807) is 18.2 Å². The Bertz CT molecular complexity index is 904. The van der Waals surface area contributed by atoms with E-state index in [0.717, 1.165) is 22.9 Å². The van der Waals surface area contributed by atoms with E-state index in [0.29, 0.717) is 26.3 Å². The second-order valence-corrected chi connectivity index (χ2v) is 7.52. The summed E-state index contributed by atoms with van der Waals surface area (Å²) < 4.78 is 5.11. The fourth-order valence-corrected chi connectivity index (χ4v) is 4.10. The van der Waals surface area contributed by atoms with E-state index < -0.39 is 0 Å². The highest BCUT2D eigenvalue weighted by Crippen LogP contribution is 2.37. The molecule has 7 heteroatoms. The third-order valence-corrected chi connectivity index (χ3v) is 5.45. The monoisotopic (exact) mass is 407 g/mol. The summed E-state index contributed by atoms with van der Waals surface area (Å²) in [5, 5.41) is 0.381.